The zero-order chi connectivity index (χ0) is 17.5. The fourth-order valence-corrected chi connectivity index (χ4v) is 3.52. The highest BCUT2D eigenvalue weighted by Crippen LogP contribution is 2.24. The van der Waals surface area contributed by atoms with E-state index in [9.17, 15) is 9.59 Å². The van der Waals surface area contributed by atoms with Crippen LogP contribution < -0.4 is 10.6 Å². The average Bonchev–Trinajstić information content (AvgIpc) is 3.37. The predicted molar refractivity (Wildman–Crippen MR) is 93.9 cm³/mol. The lowest BCUT2D eigenvalue weighted by molar-refractivity contribution is -0.125. The second-order valence-electron chi connectivity index (χ2n) is 6.14. The molecule has 2 aromatic rings. The van der Waals surface area contributed by atoms with Gasteiger partial charge in [-0.1, -0.05) is 12.8 Å². The molecule has 2 N–H and O–H groups in total. The van der Waals surface area contributed by atoms with Gasteiger partial charge < -0.3 is 15.1 Å². The number of aryl methyl sites for hydroxylation is 1. The lowest BCUT2D eigenvalue weighted by atomic mass is 10.1. The molecule has 25 heavy (non-hydrogen) atoms. The Bertz CT molecular complexity index is 693. The fourth-order valence-electron chi connectivity index (χ4n) is 2.89. The Morgan fingerprint density at radius 1 is 1.20 bits per heavy atom. The van der Waals surface area contributed by atoms with Crippen molar-refractivity contribution in [2.75, 3.05) is 13.1 Å². The number of hydrogen-bond donors (Lipinski definition) is 2. The number of carbonyl (C=O) groups is 2. The molecular formula is C17H22N4O3S. The molecule has 0 spiro atoms. The third-order valence-corrected chi connectivity index (χ3v) is 4.96. The molecule has 0 radical (unpaired) electrons. The van der Waals surface area contributed by atoms with E-state index >= 15 is 0 Å². The van der Waals surface area contributed by atoms with Crippen LogP contribution in [0, 0.1) is 5.92 Å². The minimum absolute atomic E-state index is 0.0922. The second kappa shape index (κ2) is 8.75. The molecule has 0 unspecified atom stereocenters. The monoisotopic (exact) mass is 362 g/mol. The van der Waals surface area contributed by atoms with Crippen molar-refractivity contribution in [3.63, 3.8) is 0 Å². The van der Waals surface area contributed by atoms with Crippen LogP contribution in [0.5, 0.6) is 0 Å². The van der Waals surface area contributed by atoms with Crippen LogP contribution in [0.4, 0.5) is 0 Å². The van der Waals surface area contributed by atoms with E-state index in [2.05, 4.69) is 20.8 Å². The second-order valence-corrected chi connectivity index (χ2v) is 6.92. The summed E-state index contributed by atoms with van der Waals surface area (Å²) in [5, 5.41) is 17.5. The molecule has 0 bridgehead atoms. The predicted octanol–water partition coefficient (Wildman–Crippen LogP) is 2.15. The van der Waals surface area contributed by atoms with E-state index in [1.807, 2.05) is 16.8 Å². The Hall–Kier alpha value is -2.22. The lowest BCUT2D eigenvalue weighted by Gasteiger charge is -2.10. The number of aromatic nitrogens is 2. The van der Waals surface area contributed by atoms with Crippen LogP contribution in [0.2, 0.25) is 0 Å². The van der Waals surface area contributed by atoms with E-state index in [-0.39, 0.29) is 24.2 Å². The van der Waals surface area contributed by atoms with Gasteiger partial charge in [0.25, 0.3) is 0 Å². The molecule has 0 saturated heterocycles. The van der Waals surface area contributed by atoms with Crippen LogP contribution in [-0.2, 0) is 16.0 Å². The summed E-state index contributed by atoms with van der Waals surface area (Å²) in [6.07, 6.45) is 4.92. The number of nitrogens with one attached hydrogen (secondary N) is 2. The molecule has 1 aliphatic rings. The van der Waals surface area contributed by atoms with Gasteiger partial charge >= 0.3 is 0 Å². The Morgan fingerprint density at radius 3 is 2.76 bits per heavy atom. The van der Waals surface area contributed by atoms with Crippen LogP contribution in [0.1, 0.15) is 38.0 Å². The first-order valence-electron chi connectivity index (χ1n) is 8.62. The third-order valence-electron chi connectivity index (χ3n) is 4.27. The van der Waals surface area contributed by atoms with Gasteiger partial charge in [0.05, 0.1) is 0 Å². The van der Waals surface area contributed by atoms with Crippen LogP contribution in [0.3, 0.4) is 0 Å². The summed E-state index contributed by atoms with van der Waals surface area (Å²) in [7, 11) is 0. The topological polar surface area (TPSA) is 97.1 Å². The van der Waals surface area contributed by atoms with Crippen LogP contribution in [-0.4, -0.2) is 35.1 Å². The van der Waals surface area contributed by atoms with E-state index in [0.29, 0.717) is 31.3 Å². The first-order chi connectivity index (χ1) is 12.2. The fraction of sp³-hybridized carbons (Fsp3) is 0.529. The summed E-state index contributed by atoms with van der Waals surface area (Å²) in [5.41, 5.74) is 0.895. The Labute approximate surface area is 150 Å². The van der Waals surface area contributed by atoms with Gasteiger partial charge in [-0.15, -0.1) is 10.2 Å². The van der Waals surface area contributed by atoms with E-state index in [4.69, 9.17) is 4.42 Å². The number of rotatable bonds is 8. The molecule has 1 aliphatic carbocycles. The molecular weight excluding hydrogens is 340 g/mol. The van der Waals surface area contributed by atoms with Gasteiger partial charge in [-0.2, -0.15) is 11.3 Å². The number of hydrogen-bond acceptors (Lipinski definition) is 6. The van der Waals surface area contributed by atoms with E-state index in [1.165, 1.54) is 0 Å². The molecule has 2 amide bonds. The highest BCUT2D eigenvalue weighted by molar-refractivity contribution is 7.08. The molecule has 2 heterocycles. The standard InChI is InChI=1S/C17H22N4O3S/c22-14(18-8-9-19-16(23)12-3-1-2-4-12)5-6-15-20-21-17(24-15)13-7-10-25-11-13/h7,10-12H,1-6,8-9H2,(H,18,22)(H,19,23). The number of amides is 2. The van der Waals surface area contributed by atoms with Crippen molar-refractivity contribution in [3.05, 3.63) is 22.7 Å². The Kier molecular flexibility index (Phi) is 6.16. The van der Waals surface area contributed by atoms with Crippen molar-refractivity contribution in [1.82, 2.24) is 20.8 Å². The normalized spacial score (nSPS) is 14.6. The van der Waals surface area contributed by atoms with Crippen LogP contribution in [0.15, 0.2) is 21.2 Å². The molecule has 1 saturated carbocycles. The summed E-state index contributed by atoms with van der Waals surface area (Å²) in [4.78, 5) is 23.7. The maximum Gasteiger partial charge on any atom is 0.248 e. The van der Waals surface area contributed by atoms with Crippen molar-refractivity contribution in [2.45, 2.75) is 38.5 Å². The van der Waals surface area contributed by atoms with Gasteiger partial charge in [-0.05, 0) is 24.3 Å². The smallest absolute Gasteiger partial charge is 0.248 e. The molecule has 0 aromatic carbocycles. The summed E-state index contributed by atoms with van der Waals surface area (Å²) in [6, 6.07) is 1.91. The van der Waals surface area contributed by atoms with Crippen LogP contribution >= 0.6 is 11.3 Å². The van der Waals surface area contributed by atoms with Gasteiger partial charge in [0, 0.05) is 42.8 Å². The summed E-state index contributed by atoms with van der Waals surface area (Å²) in [5.74, 6) is 1.10. The Balaban J connectivity index is 1.31. The van der Waals surface area contributed by atoms with Gasteiger partial charge in [0.2, 0.25) is 23.6 Å². The van der Waals surface area contributed by atoms with E-state index in [0.717, 1.165) is 31.2 Å². The largest absolute Gasteiger partial charge is 0.421 e. The Morgan fingerprint density at radius 2 is 2.00 bits per heavy atom. The zero-order valence-electron chi connectivity index (χ0n) is 14.0. The first-order valence-corrected chi connectivity index (χ1v) is 9.56. The first kappa shape index (κ1) is 17.6. The minimum Gasteiger partial charge on any atom is -0.421 e. The van der Waals surface area contributed by atoms with Gasteiger partial charge in [-0.3, -0.25) is 9.59 Å². The highest BCUT2D eigenvalue weighted by atomic mass is 32.1. The quantitative estimate of drug-likeness (QED) is 0.701. The number of nitrogens with zero attached hydrogens (tertiary/aromatic N) is 2. The number of thiophene rings is 1. The van der Waals surface area contributed by atoms with Crippen molar-refractivity contribution in [1.29, 1.82) is 0 Å². The third kappa shape index (κ3) is 5.12. The lowest BCUT2D eigenvalue weighted by Crippen LogP contribution is -2.37. The van der Waals surface area contributed by atoms with Crippen molar-refractivity contribution < 1.29 is 14.0 Å². The van der Waals surface area contributed by atoms with E-state index in [1.54, 1.807) is 11.3 Å². The SMILES string of the molecule is O=C(CCc1nnc(-c2ccsc2)o1)NCCNC(=O)C1CCCC1. The molecule has 3 rings (SSSR count). The summed E-state index contributed by atoms with van der Waals surface area (Å²) < 4.78 is 5.54. The van der Waals surface area contributed by atoms with Crippen LogP contribution in [0.25, 0.3) is 11.5 Å². The summed E-state index contributed by atoms with van der Waals surface area (Å²) in [6.45, 7) is 0.894. The number of carbonyl (C=O) groups excluding carboxylic acids is 2. The molecule has 7 nitrogen and oxygen atoms in total. The molecule has 0 atom stereocenters. The minimum atomic E-state index is -0.0922. The zero-order valence-corrected chi connectivity index (χ0v) is 14.8. The van der Waals surface area contributed by atoms with Crippen molar-refractivity contribution in [2.24, 2.45) is 5.92 Å². The summed E-state index contributed by atoms with van der Waals surface area (Å²) >= 11 is 1.56. The van der Waals surface area contributed by atoms with Gasteiger partial charge in [-0.25, -0.2) is 0 Å². The molecule has 134 valence electrons. The van der Waals surface area contributed by atoms with E-state index < -0.39 is 0 Å². The van der Waals surface area contributed by atoms with Crippen molar-refractivity contribution >= 4 is 23.2 Å². The highest BCUT2D eigenvalue weighted by Gasteiger charge is 2.21. The maximum absolute atomic E-state index is 11.8. The molecule has 1 fully saturated rings. The van der Waals surface area contributed by atoms with Crippen molar-refractivity contribution in [3.8, 4) is 11.5 Å². The van der Waals surface area contributed by atoms with Gasteiger partial charge in [0.1, 0.15) is 0 Å². The molecule has 0 aliphatic heterocycles. The van der Waals surface area contributed by atoms with Gasteiger partial charge in [0.15, 0.2) is 0 Å². The average molecular weight is 362 g/mol. The maximum atomic E-state index is 11.8. The molecule has 2 aromatic heterocycles. The molecule has 8 heteroatoms.